The lowest BCUT2D eigenvalue weighted by Gasteiger charge is -2.24. The van der Waals surface area contributed by atoms with E-state index in [4.69, 9.17) is 11.5 Å². The van der Waals surface area contributed by atoms with Gasteiger partial charge < -0.3 is 42.6 Å². The van der Waals surface area contributed by atoms with Crippen LogP contribution in [0.25, 0.3) is 10.9 Å². The fourth-order valence-corrected chi connectivity index (χ4v) is 4.25. The smallest absolute Gasteiger partial charge is 0.326 e. The van der Waals surface area contributed by atoms with Gasteiger partial charge in [-0.1, -0.05) is 48.5 Å². The van der Waals surface area contributed by atoms with Crippen molar-refractivity contribution in [1.82, 2.24) is 20.9 Å². The number of para-hydroxylation sites is 1. The van der Waals surface area contributed by atoms with E-state index in [0.29, 0.717) is 5.56 Å². The van der Waals surface area contributed by atoms with E-state index >= 15 is 0 Å². The maximum Gasteiger partial charge on any atom is 0.326 e. The Bertz CT molecular complexity index is 1380. The molecule has 0 saturated carbocycles. The minimum atomic E-state index is -1.53. The number of benzene rings is 2. The third kappa shape index (κ3) is 8.88. The van der Waals surface area contributed by atoms with Crippen molar-refractivity contribution >= 4 is 40.5 Å². The number of carboxylic acid groups (broad SMARTS) is 1. The standard InChI is InChI=1S/C28H34N6O7/c29-19(13-17-14-31-20-9-5-4-8-18(17)20)25(37)33-22(12-16-6-2-1-3-7-16)26(38)34-23(15-35)27(39)32-21(28(40)41)10-11-24(30)36/h1-9,14,19,21-23,31,35H,10-13,15,29H2,(H2,30,36)(H,32,39)(H,33,37)(H,34,38)(H,40,41). The number of H-pyrrole nitrogens is 1. The molecule has 1 aromatic heterocycles. The summed E-state index contributed by atoms with van der Waals surface area (Å²) in [5.74, 6) is -4.55. The summed E-state index contributed by atoms with van der Waals surface area (Å²) in [5, 5.41) is 27.2. The van der Waals surface area contributed by atoms with Crippen LogP contribution >= 0.6 is 0 Å². The molecular weight excluding hydrogens is 532 g/mol. The van der Waals surface area contributed by atoms with Crippen LogP contribution in [0.3, 0.4) is 0 Å². The van der Waals surface area contributed by atoms with E-state index in [-0.39, 0.29) is 25.7 Å². The van der Waals surface area contributed by atoms with E-state index in [0.717, 1.165) is 16.5 Å². The fraction of sp³-hybridized carbons (Fsp3) is 0.321. The maximum atomic E-state index is 13.3. The molecule has 3 rings (SSSR count). The number of carbonyl (C=O) groups is 5. The first-order chi connectivity index (χ1) is 19.6. The van der Waals surface area contributed by atoms with Gasteiger partial charge >= 0.3 is 5.97 Å². The van der Waals surface area contributed by atoms with Gasteiger partial charge in [-0.2, -0.15) is 0 Å². The van der Waals surface area contributed by atoms with Crippen molar-refractivity contribution < 1.29 is 34.2 Å². The molecule has 13 nitrogen and oxygen atoms in total. The molecule has 0 aliphatic carbocycles. The van der Waals surface area contributed by atoms with Gasteiger partial charge in [-0.15, -0.1) is 0 Å². The number of fused-ring (bicyclic) bond motifs is 1. The van der Waals surface area contributed by atoms with Crippen LogP contribution in [-0.2, 0) is 36.8 Å². The number of nitrogens with two attached hydrogens (primary N) is 2. The van der Waals surface area contributed by atoms with Gasteiger partial charge in [0.25, 0.3) is 0 Å². The highest BCUT2D eigenvalue weighted by atomic mass is 16.4. The number of hydrogen-bond acceptors (Lipinski definition) is 7. The third-order valence-corrected chi connectivity index (χ3v) is 6.48. The molecule has 1 heterocycles. The highest BCUT2D eigenvalue weighted by molar-refractivity contribution is 5.94. The summed E-state index contributed by atoms with van der Waals surface area (Å²) >= 11 is 0. The number of nitrogens with one attached hydrogen (secondary N) is 4. The maximum absolute atomic E-state index is 13.3. The van der Waals surface area contributed by atoms with Crippen molar-refractivity contribution in [2.45, 2.75) is 49.9 Å². The summed E-state index contributed by atoms with van der Waals surface area (Å²) in [6, 6.07) is 11.2. The Hall–Kier alpha value is -4.75. The molecule has 4 atom stereocenters. The molecule has 4 amide bonds. The highest BCUT2D eigenvalue weighted by Crippen LogP contribution is 2.19. The second kappa shape index (κ2) is 14.6. The first-order valence-corrected chi connectivity index (χ1v) is 13.0. The summed E-state index contributed by atoms with van der Waals surface area (Å²) in [5.41, 5.74) is 13.7. The number of amides is 4. The number of primary amides is 1. The molecule has 0 aliphatic rings. The van der Waals surface area contributed by atoms with Crippen LogP contribution in [0.4, 0.5) is 0 Å². The summed E-state index contributed by atoms with van der Waals surface area (Å²) in [4.78, 5) is 64.7. The summed E-state index contributed by atoms with van der Waals surface area (Å²) in [6.07, 6.45) is 1.44. The van der Waals surface area contributed by atoms with Gasteiger partial charge in [-0.25, -0.2) is 4.79 Å². The molecule has 0 radical (unpaired) electrons. The van der Waals surface area contributed by atoms with Gasteiger partial charge in [0.2, 0.25) is 23.6 Å². The number of aliphatic hydroxyl groups is 1. The van der Waals surface area contributed by atoms with Crippen LogP contribution in [0, 0.1) is 0 Å². The van der Waals surface area contributed by atoms with Crippen molar-refractivity contribution in [3.8, 4) is 0 Å². The highest BCUT2D eigenvalue weighted by Gasteiger charge is 2.30. The average molecular weight is 567 g/mol. The quantitative estimate of drug-likeness (QED) is 0.114. The topological polar surface area (TPSA) is 230 Å². The Morgan fingerprint density at radius 1 is 0.805 bits per heavy atom. The van der Waals surface area contributed by atoms with Crippen LogP contribution in [0.2, 0.25) is 0 Å². The molecule has 0 spiro atoms. The minimum absolute atomic E-state index is 0.0499. The van der Waals surface area contributed by atoms with Gasteiger partial charge in [0.05, 0.1) is 12.6 Å². The third-order valence-electron chi connectivity index (χ3n) is 6.48. The molecule has 0 saturated heterocycles. The molecule has 13 heteroatoms. The molecule has 0 aliphatic heterocycles. The Morgan fingerprint density at radius 3 is 2.07 bits per heavy atom. The Morgan fingerprint density at radius 2 is 1.41 bits per heavy atom. The van der Waals surface area contributed by atoms with Crippen molar-refractivity contribution in [2.24, 2.45) is 11.5 Å². The van der Waals surface area contributed by atoms with Crippen LogP contribution in [0.15, 0.2) is 60.8 Å². The van der Waals surface area contributed by atoms with Crippen molar-refractivity contribution in [1.29, 1.82) is 0 Å². The van der Waals surface area contributed by atoms with E-state index in [1.807, 2.05) is 24.3 Å². The van der Waals surface area contributed by atoms with Crippen LogP contribution in [0.1, 0.15) is 24.0 Å². The number of aliphatic hydroxyl groups excluding tert-OH is 1. The zero-order chi connectivity index (χ0) is 29.9. The normalized spacial score (nSPS) is 13.9. The number of aromatic amines is 1. The largest absolute Gasteiger partial charge is 0.480 e. The number of rotatable bonds is 15. The van der Waals surface area contributed by atoms with E-state index in [9.17, 15) is 34.2 Å². The Kier molecular flexibility index (Phi) is 11.0. The number of aromatic nitrogens is 1. The summed E-state index contributed by atoms with van der Waals surface area (Å²) in [7, 11) is 0. The Labute approximate surface area is 235 Å². The molecule has 4 unspecified atom stereocenters. The number of carbonyl (C=O) groups excluding carboxylic acids is 4. The lowest BCUT2D eigenvalue weighted by Crippen LogP contribution is -2.58. The van der Waals surface area contributed by atoms with Crippen LogP contribution in [-0.4, -0.2) is 75.6 Å². The first-order valence-electron chi connectivity index (χ1n) is 13.0. The van der Waals surface area contributed by atoms with E-state index in [1.54, 1.807) is 36.5 Å². The number of carboxylic acids is 1. The van der Waals surface area contributed by atoms with Gasteiger partial charge in [0, 0.05) is 29.9 Å². The van der Waals surface area contributed by atoms with Crippen LogP contribution in [0.5, 0.6) is 0 Å². The minimum Gasteiger partial charge on any atom is -0.480 e. The van der Waals surface area contributed by atoms with E-state index < -0.39 is 60.4 Å². The molecule has 10 N–H and O–H groups in total. The van der Waals surface area contributed by atoms with Crippen LogP contribution < -0.4 is 27.4 Å². The summed E-state index contributed by atoms with van der Waals surface area (Å²) in [6.45, 7) is -0.855. The zero-order valence-corrected chi connectivity index (χ0v) is 22.2. The van der Waals surface area contributed by atoms with Crippen molar-refractivity contribution in [3.05, 3.63) is 71.9 Å². The molecule has 3 aromatic rings. The predicted octanol–water partition coefficient (Wildman–Crippen LogP) is -0.923. The van der Waals surface area contributed by atoms with Gasteiger partial charge in [-0.3, -0.25) is 19.2 Å². The second-order valence-corrected chi connectivity index (χ2v) is 9.57. The van der Waals surface area contributed by atoms with E-state index in [2.05, 4.69) is 20.9 Å². The van der Waals surface area contributed by atoms with Gasteiger partial charge in [0.15, 0.2) is 0 Å². The average Bonchev–Trinajstić information content (AvgIpc) is 3.36. The van der Waals surface area contributed by atoms with Gasteiger partial charge in [0.1, 0.15) is 18.1 Å². The molecule has 218 valence electrons. The Balaban J connectivity index is 1.71. The number of hydrogen-bond donors (Lipinski definition) is 8. The van der Waals surface area contributed by atoms with Gasteiger partial charge in [-0.05, 0) is 30.0 Å². The van der Waals surface area contributed by atoms with Crippen molar-refractivity contribution in [3.63, 3.8) is 0 Å². The predicted molar refractivity (Wildman–Crippen MR) is 149 cm³/mol. The first kappa shape index (κ1) is 30.8. The molecule has 41 heavy (non-hydrogen) atoms. The molecule has 2 aromatic carbocycles. The zero-order valence-electron chi connectivity index (χ0n) is 22.2. The van der Waals surface area contributed by atoms with E-state index in [1.165, 1.54) is 0 Å². The molecule has 0 bridgehead atoms. The second-order valence-electron chi connectivity index (χ2n) is 9.57. The van der Waals surface area contributed by atoms with Crippen molar-refractivity contribution in [2.75, 3.05) is 6.61 Å². The lowest BCUT2D eigenvalue weighted by atomic mass is 10.0. The SMILES string of the molecule is NC(=O)CCC(NC(=O)C(CO)NC(=O)C(Cc1ccccc1)NC(=O)C(N)Cc1c[nH]c2ccccc12)C(=O)O. The molecule has 0 fully saturated rings. The number of aliphatic carboxylic acids is 1. The monoisotopic (exact) mass is 566 g/mol. The molecular formula is C28H34N6O7. The summed E-state index contributed by atoms with van der Waals surface area (Å²) < 4.78 is 0. The fourth-order valence-electron chi connectivity index (χ4n) is 4.25. The lowest BCUT2D eigenvalue weighted by molar-refractivity contribution is -0.143.